The molecule has 0 aromatic heterocycles. The lowest BCUT2D eigenvalue weighted by Gasteiger charge is -2.27. The molecule has 0 radical (unpaired) electrons. The van der Waals surface area contributed by atoms with Crippen LogP contribution in [0.5, 0.6) is 11.5 Å². The van der Waals surface area contributed by atoms with Crippen LogP contribution >= 0.6 is 15.9 Å². The monoisotopic (exact) mass is 301 g/mol. The van der Waals surface area contributed by atoms with Gasteiger partial charge in [-0.15, -0.1) is 0 Å². The quantitative estimate of drug-likeness (QED) is 0.865. The van der Waals surface area contributed by atoms with Gasteiger partial charge in [-0.05, 0) is 42.2 Å². The van der Waals surface area contributed by atoms with Gasteiger partial charge in [0.2, 0.25) is 6.79 Å². The van der Waals surface area contributed by atoms with Crippen molar-refractivity contribution in [3.63, 3.8) is 0 Å². The van der Waals surface area contributed by atoms with Gasteiger partial charge in [-0.2, -0.15) is 0 Å². The number of ether oxygens (including phenoxy) is 2. The number of rotatable bonds is 1. The fourth-order valence-corrected chi connectivity index (χ4v) is 3.00. The summed E-state index contributed by atoms with van der Waals surface area (Å²) in [7, 11) is 0. The Kier molecular flexibility index (Phi) is 2.56. The van der Waals surface area contributed by atoms with Crippen molar-refractivity contribution in [2.75, 3.05) is 13.3 Å². The van der Waals surface area contributed by atoms with Crippen LogP contribution in [-0.4, -0.2) is 13.3 Å². The van der Waals surface area contributed by atoms with Crippen LogP contribution in [0.25, 0.3) is 0 Å². The van der Waals surface area contributed by atoms with Gasteiger partial charge in [0.1, 0.15) is 5.82 Å². The second-order valence-corrected chi connectivity index (χ2v) is 5.50. The third kappa shape index (κ3) is 1.64. The predicted molar refractivity (Wildman–Crippen MR) is 64.8 cm³/mol. The van der Waals surface area contributed by atoms with Gasteiger partial charge in [-0.3, -0.25) is 0 Å². The van der Waals surface area contributed by atoms with Crippen LogP contribution in [-0.2, 0) is 5.54 Å². The van der Waals surface area contributed by atoms with E-state index in [-0.39, 0.29) is 18.1 Å². The normalized spacial score (nSPS) is 26.5. The molecule has 0 spiro atoms. The SMILES string of the molecule is CC1(c2c(F)c(Br)cc3c2OCO3)CCCN1. The molecule has 2 heterocycles. The lowest BCUT2D eigenvalue weighted by Crippen LogP contribution is -2.34. The van der Waals surface area contributed by atoms with E-state index >= 15 is 0 Å². The molecule has 3 nitrogen and oxygen atoms in total. The molecule has 0 bridgehead atoms. The van der Waals surface area contributed by atoms with E-state index in [1.54, 1.807) is 6.07 Å². The summed E-state index contributed by atoms with van der Waals surface area (Å²) < 4.78 is 25.5. The Morgan fingerprint density at radius 2 is 2.29 bits per heavy atom. The Bertz CT molecular complexity index is 472. The van der Waals surface area contributed by atoms with Crippen LogP contribution < -0.4 is 14.8 Å². The molecule has 2 aliphatic heterocycles. The first-order chi connectivity index (χ1) is 8.12. The molecule has 0 amide bonds. The van der Waals surface area contributed by atoms with E-state index in [4.69, 9.17) is 9.47 Å². The summed E-state index contributed by atoms with van der Waals surface area (Å²) in [5, 5.41) is 3.35. The summed E-state index contributed by atoms with van der Waals surface area (Å²) in [5.74, 6) is 0.900. The van der Waals surface area contributed by atoms with E-state index in [1.807, 2.05) is 6.92 Å². The molecular weight excluding hydrogens is 289 g/mol. The van der Waals surface area contributed by atoms with E-state index < -0.39 is 0 Å². The smallest absolute Gasteiger partial charge is 0.231 e. The third-order valence-electron chi connectivity index (χ3n) is 3.48. The van der Waals surface area contributed by atoms with Crippen LogP contribution in [0.3, 0.4) is 0 Å². The fourth-order valence-electron chi connectivity index (χ4n) is 2.59. The molecule has 1 fully saturated rings. The van der Waals surface area contributed by atoms with Crippen molar-refractivity contribution >= 4 is 15.9 Å². The molecule has 3 rings (SSSR count). The molecule has 17 heavy (non-hydrogen) atoms. The number of benzene rings is 1. The highest BCUT2D eigenvalue weighted by molar-refractivity contribution is 9.10. The highest BCUT2D eigenvalue weighted by Crippen LogP contribution is 2.47. The summed E-state index contributed by atoms with van der Waals surface area (Å²) in [4.78, 5) is 0. The van der Waals surface area contributed by atoms with E-state index in [2.05, 4.69) is 21.2 Å². The summed E-state index contributed by atoms with van der Waals surface area (Å²) in [5.41, 5.74) is 0.211. The topological polar surface area (TPSA) is 30.5 Å². The number of halogens is 2. The van der Waals surface area contributed by atoms with Gasteiger partial charge in [0.15, 0.2) is 11.5 Å². The highest BCUT2D eigenvalue weighted by atomic mass is 79.9. The maximum atomic E-state index is 14.3. The maximum Gasteiger partial charge on any atom is 0.231 e. The number of hydrogen-bond donors (Lipinski definition) is 1. The van der Waals surface area contributed by atoms with Gasteiger partial charge in [-0.1, -0.05) is 0 Å². The molecule has 1 atom stereocenters. The molecule has 0 saturated carbocycles. The van der Waals surface area contributed by atoms with E-state index in [9.17, 15) is 4.39 Å². The number of fused-ring (bicyclic) bond motifs is 1. The molecule has 1 aromatic carbocycles. The zero-order valence-electron chi connectivity index (χ0n) is 9.48. The Morgan fingerprint density at radius 1 is 1.47 bits per heavy atom. The summed E-state index contributed by atoms with van der Waals surface area (Å²) in [6.07, 6.45) is 1.94. The Balaban J connectivity index is 2.21. The number of nitrogens with one attached hydrogen (secondary N) is 1. The molecule has 5 heteroatoms. The minimum Gasteiger partial charge on any atom is -0.454 e. The van der Waals surface area contributed by atoms with Crippen molar-refractivity contribution < 1.29 is 13.9 Å². The average Bonchev–Trinajstić information content (AvgIpc) is 2.89. The third-order valence-corrected chi connectivity index (χ3v) is 4.05. The van der Waals surface area contributed by atoms with Crippen LogP contribution in [0, 0.1) is 5.82 Å². The minimum absolute atomic E-state index is 0.161. The first kappa shape index (κ1) is 11.3. The molecule has 2 aliphatic rings. The van der Waals surface area contributed by atoms with Crippen molar-refractivity contribution in [1.29, 1.82) is 0 Å². The molecular formula is C12H13BrFNO2. The molecule has 1 unspecified atom stereocenters. The fraction of sp³-hybridized carbons (Fsp3) is 0.500. The molecule has 1 N–H and O–H groups in total. The van der Waals surface area contributed by atoms with E-state index in [1.165, 1.54) is 0 Å². The highest BCUT2D eigenvalue weighted by Gasteiger charge is 2.39. The molecule has 1 saturated heterocycles. The van der Waals surface area contributed by atoms with E-state index in [0.29, 0.717) is 21.5 Å². The first-order valence-corrected chi connectivity index (χ1v) is 6.44. The Morgan fingerprint density at radius 3 is 3.00 bits per heavy atom. The van der Waals surface area contributed by atoms with Gasteiger partial charge in [0.25, 0.3) is 0 Å². The maximum absolute atomic E-state index is 14.3. The second-order valence-electron chi connectivity index (χ2n) is 4.64. The lowest BCUT2D eigenvalue weighted by molar-refractivity contribution is 0.171. The van der Waals surface area contributed by atoms with Crippen LogP contribution in [0.2, 0.25) is 0 Å². The Labute approximate surface area is 107 Å². The van der Waals surface area contributed by atoms with Gasteiger partial charge >= 0.3 is 0 Å². The van der Waals surface area contributed by atoms with Gasteiger partial charge < -0.3 is 14.8 Å². The second kappa shape index (κ2) is 3.85. The van der Waals surface area contributed by atoms with Gasteiger partial charge in [0.05, 0.1) is 10.0 Å². The van der Waals surface area contributed by atoms with Gasteiger partial charge in [0, 0.05) is 11.6 Å². The summed E-state index contributed by atoms with van der Waals surface area (Å²) in [6, 6.07) is 1.62. The standard InChI is InChI=1S/C12H13BrFNO2/c1-12(3-2-4-15-12)9-10(14)7(13)5-8-11(9)17-6-16-8/h5,15H,2-4,6H2,1H3. The minimum atomic E-state index is -0.369. The molecule has 0 aliphatic carbocycles. The van der Waals surface area contributed by atoms with Crippen molar-refractivity contribution in [3.05, 3.63) is 21.9 Å². The number of hydrogen-bond acceptors (Lipinski definition) is 3. The Hall–Kier alpha value is -0.810. The first-order valence-electron chi connectivity index (χ1n) is 5.65. The summed E-state index contributed by atoms with van der Waals surface area (Å²) in [6.45, 7) is 3.07. The van der Waals surface area contributed by atoms with Crippen LogP contribution in [0.1, 0.15) is 25.3 Å². The zero-order valence-corrected chi connectivity index (χ0v) is 11.1. The largest absolute Gasteiger partial charge is 0.454 e. The van der Waals surface area contributed by atoms with Crippen molar-refractivity contribution in [1.82, 2.24) is 5.32 Å². The summed E-state index contributed by atoms with van der Waals surface area (Å²) >= 11 is 3.23. The van der Waals surface area contributed by atoms with Crippen molar-refractivity contribution in [3.8, 4) is 11.5 Å². The molecule has 1 aromatic rings. The van der Waals surface area contributed by atoms with Crippen molar-refractivity contribution in [2.45, 2.75) is 25.3 Å². The zero-order chi connectivity index (χ0) is 12.0. The van der Waals surface area contributed by atoms with E-state index in [0.717, 1.165) is 19.4 Å². The molecule has 92 valence electrons. The predicted octanol–water partition coefficient (Wildman–Crippen LogP) is 2.92. The van der Waals surface area contributed by atoms with Gasteiger partial charge in [-0.25, -0.2) is 4.39 Å². The van der Waals surface area contributed by atoms with Crippen LogP contribution in [0.4, 0.5) is 4.39 Å². The van der Waals surface area contributed by atoms with Crippen LogP contribution in [0.15, 0.2) is 10.5 Å². The lowest BCUT2D eigenvalue weighted by atomic mass is 9.89. The van der Waals surface area contributed by atoms with Crippen molar-refractivity contribution in [2.24, 2.45) is 0 Å². The average molecular weight is 302 g/mol.